The minimum atomic E-state index is -0.680. The fourth-order valence-corrected chi connectivity index (χ4v) is 5.19. The van der Waals surface area contributed by atoms with E-state index in [0.29, 0.717) is 11.8 Å². The Bertz CT molecular complexity index is 679. The van der Waals surface area contributed by atoms with Crippen molar-refractivity contribution in [3.8, 4) is 11.5 Å². The molecule has 0 amide bonds. The van der Waals surface area contributed by atoms with Gasteiger partial charge in [0.15, 0.2) is 11.5 Å². The summed E-state index contributed by atoms with van der Waals surface area (Å²) < 4.78 is 11.1. The highest BCUT2D eigenvalue weighted by molar-refractivity contribution is 5.49. The molecule has 0 aliphatic carbocycles. The second-order valence-electron chi connectivity index (χ2n) is 9.87. The zero-order valence-electron chi connectivity index (χ0n) is 18.1. The van der Waals surface area contributed by atoms with E-state index in [2.05, 4.69) is 51.7 Å². The van der Waals surface area contributed by atoms with E-state index in [0.717, 1.165) is 43.9 Å². The van der Waals surface area contributed by atoms with Crippen LogP contribution in [0.3, 0.4) is 0 Å². The quantitative estimate of drug-likeness (QED) is 0.844. The number of ether oxygens (including phenoxy) is 2. The Balaban J connectivity index is 2.02. The summed E-state index contributed by atoms with van der Waals surface area (Å²) >= 11 is 0. The van der Waals surface area contributed by atoms with Crippen LogP contribution >= 0.6 is 0 Å². The van der Waals surface area contributed by atoms with Gasteiger partial charge in [0.25, 0.3) is 0 Å². The first-order valence-electron chi connectivity index (χ1n) is 10.3. The number of benzene rings is 1. The van der Waals surface area contributed by atoms with Crippen molar-refractivity contribution in [1.29, 1.82) is 0 Å². The Kier molecular flexibility index (Phi) is 5.53. The van der Waals surface area contributed by atoms with Crippen LogP contribution in [0.1, 0.15) is 64.6 Å². The fourth-order valence-electron chi connectivity index (χ4n) is 5.19. The number of hydrogen-bond acceptors (Lipinski definition) is 4. The summed E-state index contributed by atoms with van der Waals surface area (Å²) in [4.78, 5) is 2.58. The number of methoxy groups -OCH3 is 2. The average molecular weight is 376 g/mol. The van der Waals surface area contributed by atoms with E-state index in [1.54, 1.807) is 14.2 Å². The molecule has 1 N–H and O–H groups in total. The Morgan fingerprint density at radius 3 is 2.37 bits per heavy atom. The summed E-state index contributed by atoms with van der Waals surface area (Å²) in [6.45, 7) is 13.1. The van der Waals surface area contributed by atoms with Crippen molar-refractivity contribution >= 4 is 0 Å². The lowest BCUT2D eigenvalue weighted by atomic mass is 9.61. The number of aliphatic hydroxyl groups is 1. The van der Waals surface area contributed by atoms with E-state index < -0.39 is 5.60 Å². The van der Waals surface area contributed by atoms with Gasteiger partial charge in [-0.1, -0.05) is 34.6 Å². The number of hydrogen-bond donors (Lipinski definition) is 1. The molecule has 1 saturated heterocycles. The van der Waals surface area contributed by atoms with Crippen molar-refractivity contribution in [2.75, 3.05) is 27.3 Å². The van der Waals surface area contributed by atoms with Crippen LogP contribution in [0.15, 0.2) is 12.1 Å². The van der Waals surface area contributed by atoms with Crippen molar-refractivity contribution in [3.63, 3.8) is 0 Å². The van der Waals surface area contributed by atoms with Crippen LogP contribution in [-0.4, -0.2) is 42.9 Å². The maximum absolute atomic E-state index is 11.9. The smallest absolute Gasteiger partial charge is 0.161 e. The highest BCUT2D eigenvalue weighted by Crippen LogP contribution is 2.52. The maximum Gasteiger partial charge on any atom is 0.161 e. The Morgan fingerprint density at radius 1 is 1.19 bits per heavy atom. The van der Waals surface area contributed by atoms with Gasteiger partial charge in [0.2, 0.25) is 0 Å². The predicted octanol–water partition coefficient (Wildman–Crippen LogP) is 4.45. The summed E-state index contributed by atoms with van der Waals surface area (Å²) in [5.74, 6) is 2.46. The molecule has 4 nitrogen and oxygen atoms in total. The molecule has 4 heteroatoms. The van der Waals surface area contributed by atoms with Gasteiger partial charge in [-0.3, -0.25) is 4.90 Å². The molecule has 1 aromatic rings. The first-order chi connectivity index (χ1) is 12.6. The lowest BCUT2D eigenvalue weighted by Gasteiger charge is -2.56. The van der Waals surface area contributed by atoms with Crippen molar-refractivity contribution in [1.82, 2.24) is 4.90 Å². The van der Waals surface area contributed by atoms with Gasteiger partial charge < -0.3 is 14.6 Å². The van der Waals surface area contributed by atoms with Gasteiger partial charge in [-0.05, 0) is 53.9 Å². The predicted molar refractivity (Wildman–Crippen MR) is 110 cm³/mol. The van der Waals surface area contributed by atoms with Gasteiger partial charge in [-0.25, -0.2) is 0 Å². The van der Waals surface area contributed by atoms with Crippen LogP contribution in [0, 0.1) is 17.3 Å². The Labute approximate surface area is 164 Å². The molecule has 3 rings (SSSR count). The van der Waals surface area contributed by atoms with E-state index >= 15 is 0 Å². The molecule has 0 spiro atoms. The highest BCUT2D eigenvalue weighted by atomic mass is 16.5. The van der Waals surface area contributed by atoms with Crippen LogP contribution < -0.4 is 9.47 Å². The zero-order valence-corrected chi connectivity index (χ0v) is 18.1. The topological polar surface area (TPSA) is 41.9 Å². The first-order valence-corrected chi connectivity index (χ1v) is 10.3. The SMILES string of the molecule is COc1cc2c(cc1OC)[C@H]1C[C@@](O)(C(C)(C)C)[C@H](CC(C)C)CN1CC2. The molecule has 27 heavy (non-hydrogen) atoms. The Hall–Kier alpha value is -1.26. The third-order valence-electron chi connectivity index (χ3n) is 6.80. The van der Waals surface area contributed by atoms with E-state index in [1.807, 2.05) is 0 Å². The second-order valence-corrected chi connectivity index (χ2v) is 9.87. The largest absolute Gasteiger partial charge is 0.493 e. The number of nitrogens with zero attached hydrogens (tertiary/aromatic N) is 1. The average Bonchev–Trinajstić information content (AvgIpc) is 2.59. The molecule has 1 fully saturated rings. The molecule has 0 radical (unpaired) electrons. The number of fused-ring (bicyclic) bond motifs is 3. The zero-order chi connectivity index (χ0) is 20.0. The van der Waals surface area contributed by atoms with Gasteiger partial charge >= 0.3 is 0 Å². The highest BCUT2D eigenvalue weighted by Gasteiger charge is 2.53. The molecular formula is C23H37NO3. The standard InChI is InChI=1S/C23H37NO3/c1-15(2)10-17-14-24-9-8-16-11-20(26-6)21(27-7)12-18(16)19(24)13-23(17,25)22(3,4)5/h11-12,15,17,19,25H,8-10,13-14H2,1-7H3/t17-,19-,23+/m1/s1. The molecule has 0 unspecified atom stereocenters. The van der Waals surface area contributed by atoms with Gasteiger partial charge in [0, 0.05) is 25.0 Å². The molecule has 152 valence electrons. The molecule has 2 heterocycles. The van der Waals surface area contributed by atoms with Crippen molar-refractivity contribution in [2.45, 2.75) is 65.5 Å². The van der Waals surface area contributed by atoms with Crippen LogP contribution in [0.25, 0.3) is 0 Å². The number of rotatable bonds is 4. The van der Waals surface area contributed by atoms with Gasteiger partial charge in [0.1, 0.15) is 0 Å². The fraction of sp³-hybridized carbons (Fsp3) is 0.739. The monoisotopic (exact) mass is 375 g/mol. The first kappa shape index (κ1) is 20.5. The molecule has 2 aliphatic rings. The molecular weight excluding hydrogens is 338 g/mol. The van der Waals surface area contributed by atoms with Crippen molar-refractivity contribution < 1.29 is 14.6 Å². The lowest BCUT2D eigenvalue weighted by molar-refractivity contribution is -0.164. The van der Waals surface area contributed by atoms with Crippen molar-refractivity contribution in [2.24, 2.45) is 17.3 Å². The van der Waals surface area contributed by atoms with Gasteiger partial charge in [-0.15, -0.1) is 0 Å². The Morgan fingerprint density at radius 2 is 1.81 bits per heavy atom. The molecule has 3 atom stereocenters. The lowest BCUT2D eigenvalue weighted by Crippen LogP contribution is -2.60. The molecule has 0 saturated carbocycles. The minimum absolute atomic E-state index is 0.160. The number of piperidine rings is 1. The van der Waals surface area contributed by atoms with E-state index in [1.165, 1.54) is 11.1 Å². The summed E-state index contributed by atoms with van der Waals surface area (Å²) in [7, 11) is 3.38. The van der Waals surface area contributed by atoms with E-state index in [4.69, 9.17) is 9.47 Å². The molecule has 2 aliphatic heterocycles. The van der Waals surface area contributed by atoms with Gasteiger partial charge in [0.05, 0.1) is 19.8 Å². The summed E-state index contributed by atoms with van der Waals surface area (Å²) in [5, 5.41) is 11.9. The molecule has 0 aromatic heterocycles. The van der Waals surface area contributed by atoms with E-state index in [9.17, 15) is 5.11 Å². The van der Waals surface area contributed by atoms with Crippen LogP contribution in [0.4, 0.5) is 0 Å². The summed E-state index contributed by atoms with van der Waals surface area (Å²) in [6, 6.07) is 4.50. The maximum atomic E-state index is 11.9. The van der Waals surface area contributed by atoms with Crippen LogP contribution in [0.2, 0.25) is 0 Å². The minimum Gasteiger partial charge on any atom is -0.493 e. The second kappa shape index (κ2) is 7.29. The normalized spacial score (nSPS) is 28.6. The van der Waals surface area contributed by atoms with Gasteiger partial charge in [-0.2, -0.15) is 0 Å². The summed E-state index contributed by atoms with van der Waals surface area (Å²) in [5.41, 5.74) is 1.78. The van der Waals surface area contributed by atoms with Crippen molar-refractivity contribution in [3.05, 3.63) is 23.3 Å². The third kappa shape index (κ3) is 3.58. The van der Waals surface area contributed by atoms with E-state index in [-0.39, 0.29) is 11.5 Å². The third-order valence-corrected chi connectivity index (χ3v) is 6.80. The molecule has 0 bridgehead atoms. The molecule has 1 aromatic carbocycles. The summed E-state index contributed by atoms with van der Waals surface area (Å²) in [6.07, 6.45) is 2.86. The van der Waals surface area contributed by atoms with Crippen LogP contribution in [-0.2, 0) is 6.42 Å². The van der Waals surface area contributed by atoms with Crippen LogP contribution in [0.5, 0.6) is 11.5 Å².